The zero-order valence-electron chi connectivity index (χ0n) is 10.7. The largest absolute Gasteiger partial charge is 0.396 e. The molecule has 0 saturated carbocycles. The van der Waals surface area contributed by atoms with E-state index in [1.807, 2.05) is 22.7 Å². The van der Waals surface area contributed by atoms with E-state index in [0.717, 1.165) is 25.1 Å². The van der Waals surface area contributed by atoms with Gasteiger partial charge in [0.2, 0.25) is 0 Å². The second kappa shape index (κ2) is 5.23. The van der Waals surface area contributed by atoms with Gasteiger partial charge < -0.3 is 10.6 Å². The summed E-state index contributed by atoms with van der Waals surface area (Å²) in [6.07, 6.45) is 1.14. The number of nitrogens with two attached hydrogens (primary N) is 1. The highest BCUT2D eigenvalue weighted by atomic mass is 32.2. The Morgan fingerprint density at radius 1 is 1.53 bits per heavy atom. The highest BCUT2D eigenvalue weighted by Crippen LogP contribution is 2.42. The quantitative estimate of drug-likeness (QED) is 0.890. The number of anilines is 2. The SMILES string of the molecule is CC1CN(c2sc(C#N)c(N)c2S(C)(=O)=O)CCS1. The molecule has 104 valence electrons. The number of thiophene rings is 1. The summed E-state index contributed by atoms with van der Waals surface area (Å²) >= 11 is 3.04. The fourth-order valence-electron chi connectivity index (χ4n) is 2.07. The van der Waals surface area contributed by atoms with Gasteiger partial charge in [-0.3, -0.25) is 0 Å². The van der Waals surface area contributed by atoms with Crippen molar-refractivity contribution in [3.8, 4) is 6.07 Å². The first kappa shape index (κ1) is 14.5. The molecule has 1 aliphatic heterocycles. The third-order valence-corrected chi connectivity index (χ3v) is 6.47. The second-order valence-corrected chi connectivity index (χ2v) is 8.99. The molecule has 1 atom stereocenters. The van der Waals surface area contributed by atoms with Crippen molar-refractivity contribution in [2.75, 3.05) is 35.7 Å². The molecule has 0 spiro atoms. The minimum absolute atomic E-state index is 0.0934. The molecule has 19 heavy (non-hydrogen) atoms. The standard InChI is InChI=1S/C11H15N3O2S3/c1-7-6-14(3-4-17-7)11-10(19(2,15)16)9(13)8(5-12)18-11/h7H,3-4,6,13H2,1-2H3. The zero-order valence-corrected chi connectivity index (χ0v) is 13.2. The summed E-state index contributed by atoms with van der Waals surface area (Å²) in [5.41, 5.74) is 5.91. The van der Waals surface area contributed by atoms with Crippen LogP contribution in [0.25, 0.3) is 0 Å². The zero-order chi connectivity index (χ0) is 14.2. The van der Waals surface area contributed by atoms with Crippen molar-refractivity contribution in [3.05, 3.63) is 4.88 Å². The third kappa shape index (κ3) is 2.83. The lowest BCUT2D eigenvalue weighted by Gasteiger charge is -2.31. The van der Waals surface area contributed by atoms with Crippen molar-refractivity contribution < 1.29 is 8.42 Å². The number of nitriles is 1. The molecule has 2 rings (SSSR count). The van der Waals surface area contributed by atoms with E-state index < -0.39 is 9.84 Å². The van der Waals surface area contributed by atoms with Crippen LogP contribution >= 0.6 is 23.1 Å². The molecule has 1 aromatic rings. The molecular formula is C11H15N3O2S3. The molecule has 2 heterocycles. The first-order valence-corrected chi connectivity index (χ1v) is 9.49. The number of hydrogen-bond acceptors (Lipinski definition) is 7. The number of rotatable bonds is 2. The van der Waals surface area contributed by atoms with Gasteiger partial charge in [0.1, 0.15) is 20.8 Å². The maximum absolute atomic E-state index is 11.9. The molecule has 1 aliphatic rings. The second-order valence-electron chi connectivity index (χ2n) is 4.49. The van der Waals surface area contributed by atoms with Gasteiger partial charge in [0.15, 0.2) is 9.84 Å². The Labute approximate surface area is 121 Å². The maximum Gasteiger partial charge on any atom is 0.180 e. The highest BCUT2D eigenvalue weighted by molar-refractivity contribution is 8.00. The van der Waals surface area contributed by atoms with E-state index in [1.54, 1.807) is 0 Å². The monoisotopic (exact) mass is 317 g/mol. The smallest absolute Gasteiger partial charge is 0.180 e. The van der Waals surface area contributed by atoms with Crippen molar-refractivity contribution in [1.82, 2.24) is 0 Å². The Kier molecular flexibility index (Phi) is 3.99. The van der Waals surface area contributed by atoms with Gasteiger partial charge in [0.25, 0.3) is 0 Å². The molecule has 2 N–H and O–H groups in total. The van der Waals surface area contributed by atoms with E-state index in [0.29, 0.717) is 10.3 Å². The van der Waals surface area contributed by atoms with E-state index in [-0.39, 0.29) is 15.5 Å². The lowest BCUT2D eigenvalue weighted by Crippen LogP contribution is -2.36. The topological polar surface area (TPSA) is 87.2 Å². The number of nitrogens with zero attached hydrogens (tertiary/aromatic N) is 2. The molecule has 5 nitrogen and oxygen atoms in total. The molecule has 0 amide bonds. The Morgan fingerprint density at radius 2 is 2.21 bits per heavy atom. The molecule has 0 aliphatic carbocycles. The summed E-state index contributed by atoms with van der Waals surface area (Å²) in [4.78, 5) is 2.42. The van der Waals surface area contributed by atoms with E-state index in [9.17, 15) is 8.42 Å². The number of sulfone groups is 1. The average molecular weight is 317 g/mol. The van der Waals surface area contributed by atoms with E-state index in [1.165, 1.54) is 11.3 Å². The van der Waals surface area contributed by atoms with Crippen LogP contribution in [0.4, 0.5) is 10.7 Å². The summed E-state index contributed by atoms with van der Waals surface area (Å²) < 4.78 is 23.8. The first-order valence-electron chi connectivity index (χ1n) is 5.73. The molecule has 0 radical (unpaired) electrons. The van der Waals surface area contributed by atoms with Crippen LogP contribution in [0, 0.1) is 11.3 Å². The molecule has 0 bridgehead atoms. The minimum Gasteiger partial charge on any atom is -0.396 e. The summed E-state index contributed by atoms with van der Waals surface area (Å²) in [6.45, 7) is 3.67. The lowest BCUT2D eigenvalue weighted by atomic mass is 10.3. The molecule has 1 unspecified atom stereocenters. The van der Waals surface area contributed by atoms with Gasteiger partial charge in [-0.2, -0.15) is 17.0 Å². The van der Waals surface area contributed by atoms with Crippen molar-refractivity contribution in [2.45, 2.75) is 17.1 Å². The van der Waals surface area contributed by atoms with Crippen molar-refractivity contribution in [1.29, 1.82) is 5.26 Å². The minimum atomic E-state index is -3.43. The third-order valence-electron chi connectivity index (χ3n) is 2.88. The number of hydrogen-bond donors (Lipinski definition) is 1. The molecule has 1 saturated heterocycles. The van der Waals surface area contributed by atoms with Crippen molar-refractivity contribution >= 4 is 43.6 Å². The van der Waals surface area contributed by atoms with Gasteiger partial charge in [-0.25, -0.2) is 8.42 Å². The first-order chi connectivity index (χ1) is 8.84. The van der Waals surface area contributed by atoms with Gasteiger partial charge in [-0.05, 0) is 0 Å². The van der Waals surface area contributed by atoms with Gasteiger partial charge >= 0.3 is 0 Å². The van der Waals surface area contributed by atoms with Crippen LogP contribution < -0.4 is 10.6 Å². The molecular weight excluding hydrogens is 302 g/mol. The predicted molar refractivity (Wildman–Crippen MR) is 80.7 cm³/mol. The number of nitrogen functional groups attached to an aromatic ring is 1. The molecule has 8 heteroatoms. The highest BCUT2D eigenvalue weighted by Gasteiger charge is 2.29. The van der Waals surface area contributed by atoms with E-state index in [4.69, 9.17) is 11.0 Å². The van der Waals surface area contributed by atoms with Crippen LogP contribution in [0.2, 0.25) is 0 Å². The maximum atomic E-state index is 11.9. The van der Waals surface area contributed by atoms with Crippen LogP contribution in [0.15, 0.2) is 4.90 Å². The van der Waals surface area contributed by atoms with Gasteiger partial charge in [0.05, 0.1) is 5.69 Å². The molecule has 1 fully saturated rings. The van der Waals surface area contributed by atoms with E-state index in [2.05, 4.69) is 6.92 Å². The Bertz CT molecular complexity index is 630. The summed E-state index contributed by atoms with van der Waals surface area (Å²) in [7, 11) is -3.43. The van der Waals surface area contributed by atoms with Gasteiger partial charge in [-0.1, -0.05) is 6.92 Å². The fraction of sp³-hybridized carbons (Fsp3) is 0.545. The fourth-order valence-corrected chi connectivity index (χ4v) is 5.62. The van der Waals surface area contributed by atoms with Crippen LogP contribution in [0.3, 0.4) is 0 Å². The van der Waals surface area contributed by atoms with Crippen LogP contribution in [-0.2, 0) is 9.84 Å². The summed E-state index contributed by atoms with van der Waals surface area (Å²) in [5.74, 6) is 0.948. The van der Waals surface area contributed by atoms with Crippen LogP contribution in [0.1, 0.15) is 11.8 Å². The molecule has 0 aromatic carbocycles. The van der Waals surface area contributed by atoms with Crippen molar-refractivity contribution in [2.24, 2.45) is 0 Å². The lowest BCUT2D eigenvalue weighted by molar-refractivity contribution is 0.602. The average Bonchev–Trinajstić information content (AvgIpc) is 2.66. The summed E-state index contributed by atoms with van der Waals surface area (Å²) in [5, 5.41) is 10.1. The van der Waals surface area contributed by atoms with Crippen LogP contribution in [-0.4, -0.2) is 38.8 Å². The normalized spacial score (nSPS) is 20.3. The predicted octanol–water partition coefficient (Wildman–Crippen LogP) is 1.55. The number of thioether (sulfide) groups is 1. The Morgan fingerprint density at radius 3 is 2.74 bits per heavy atom. The Balaban J connectivity index is 2.54. The van der Waals surface area contributed by atoms with Gasteiger partial charge in [-0.15, -0.1) is 11.3 Å². The summed E-state index contributed by atoms with van der Waals surface area (Å²) in [6, 6.07) is 1.98. The van der Waals surface area contributed by atoms with Crippen molar-refractivity contribution in [3.63, 3.8) is 0 Å². The Hall–Kier alpha value is -0.910. The van der Waals surface area contributed by atoms with Crippen LogP contribution in [0.5, 0.6) is 0 Å². The van der Waals surface area contributed by atoms with Gasteiger partial charge in [0, 0.05) is 30.3 Å². The molecule has 1 aromatic heterocycles. The van der Waals surface area contributed by atoms with E-state index >= 15 is 0 Å².